The molecule has 2 heterocycles. The number of aryl methyl sites for hydroxylation is 1. The van der Waals surface area contributed by atoms with Gasteiger partial charge in [0.2, 0.25) is 0 Å². The Morgan fingerprint density at radius 1 is 1.37 bits per heavy atom. The molecule has 0 amide bonds. The molecule has 1 aromatic rings. The Morgan fingerprint density at radius 2 is 2.21 bits per heavy atom. The molecule has 1 saturated heterocycles. The highest BCUT2D eigenvalue weighted by Gasteiger charge is 2.36. The SMILES string of the molecule is CCCc1nc(N2CCCC3CCCC32)sc1C=O. The van der Waals surface area contributed by atoms with Crippen LogP contribution in [0.2, 0.25) is 0 Å². The number of hydrogen-bond acceptors (Lipinski definition) is 4. The number of aldehydes is 1. The van der Waals surface area contributed by atoms with Gasteiger partial charge in [0.15, 0.2) is 11.4 Å². The fourth-order valence-corrected chi connectivity index (χ4v) is 4.68. The van der Waals surface area contributed by atoms with E-state index >= 15 is 0 Å². The first kappa shape index (κ1) is 13.1. The van der Waals surface area contributed by atoms with E-state index in [0.29, 0.717) is 6.04 Å². The van der Waals surface area contributed by atoms with Crippen LogP contribution < -0.4 is 4.90 Å². The Kier molecular flexibility index (Phi) is 3.87. The van der Waals surface area contributed by atoms with Crippen LogP contribution in [0, 0.1) is 5.92 Å². The fourth-order valence-electron chi connectivity index (χ4n) is 3.67. The van der Waals surface area contributed by atoms with Crippen LogP contribution in [0.15, 0.2) is 0 Å². The number of fused-ring (bicyclic) bond motifs is 1. The lowest BCUT2D eigenvalue weighted by atomic mass is 9.92. The predicted molar refractivity (Wildman–Crippen MR) is 79.2 cm³/mol. The normalized spacial score (nSPS) is 26.5. The molecule has 1 aliphatic carbocycles. The summed E-state index contributed by atoms with van der Waals surface area (Å²) in [6.45, 7) is 3.26. The van der Waals surface area contributed by atoms with Crippen LogP contribution in [-0.2, 0) is 6.42 Å². The smallest absolute Gasteiger partial charge is 0.186 e. The summed E-state index contributed by atoms with van der Waals surface area (Å²) < 4.78 is 0. The first-order valence-electron chi connectivity index (χ1n) is 7.55. The number of rotatable bonds is 4. The van der Waals surface area contributed by atoms with Gasteiger partial charge in [-0.3, -0.25) is 4.79 Å². The van der Waals surface area contributed by atoms with E-state index in [0.717, 1.165) is 47.3 Å². The Labute approximate surface area is 119 Å². The van der Waals surface area contributed by atoms with Gasteiger partial charge in [-0.05, 0) is 38.0 Å². The maximum absolute atomic E-state index is 11.2. The van der Waals surface area contributed by atoms with Crippen molar-refractivity contribution >= 4 is 22.8 Å². The third kappa shape index (κ3) is 2.42. The molecule has 0 aromatic carbocycles. The van der Waals surface area contributed by atoms with Gasteiger partial charge < -0.3 is 4.90 Å². The highest BCUT2D eigenvalue weighted by Crippen LogP contribution is 2.40. The third-order valence-corrected chi connectivity index (χ3v) is 5.61. The van der Waals surface area contributed by atoms with Crippen LogP contribution in [0.1, 0.15) is 60.8 Å². The van der Waals surface area contributed by atoms with Gasteiger partial charge in [0.1, 0.15) is 0 Å². The molecule has 4 heteroatoms. The van der Waals surface area contributed by atoms with Gasteiger partial charge >= 0.3 is 0 Å². The zero-order valence-electron chi connectivity index (χ0n) is 11.6. The molecule has 0 spiro atoms. The zero-order chi connectivity index (χ0) is 13.2. The zero-order valence-corrected chi connectivity index (χ0v) is 12.4. The first-order chi connectivity index (χ1) is 9.33. The van der Waals surface area contributed by atoms with E-state index in [9.17, 15) is 4.79 Å². The highest BCUT2D eigenvalue weighted by atomic mass is 32.1. The molecule has 2 aliphatic rings. The fraction of sp³-hybridized carbons (Fsp3) is 0.733. The summed E-state index contributed by atoms with van der Waals surface area (Å²) in [6, 6.07) is 0.689. The van der Waals surface area contributed by atoms with Crippen LogP contribution in [0.5, 0.6) is 0 Å². The molecule has 2 unspecified atom stereocenters. The van der Waals surface area contributed by atoms with E-state index in [2.05, 4.69) is 11.8 Å². The maximum atomic E-state index is 11.2. The van der Waals surface area contributed by atoms with Gasteiger partial charge in [-0.25, -0.2) is 4.98 Å². The second kappa shape index (κ2) is 5.61. The number of thiazole rings is 1. The van der Waals surface area contributed by atoms with Crippen molar-refractivity contribution in [3.05, 3.63) is 10.6 Å². The largest absolute Gasteiger partial charge is 0.345 e. The lowest BCUT2D eigenvalue weighted by molar-refractivity contribution is 0.112. The van der Waals surface area contributed by atoms with Crippen molar-refractivity contribution in [1.82, 2.24) is 4.98 Å². The molecule has 3 nitrogen and oxygen atoms in total. The van der Waals surface area contributed by atoms with Crippen LogP contribution >= 0.6 is 11.3 Å². The van der Waals surface area contributed by atoms with Crippen LogP contribution in [0.25, 0.3) is 0 Å². The number of aromatic nitrogens is 1. The van der Waals surface area contributed by atoms with Crippen molar-refractivity contribution < 1.29 is 4.79 Å². The molecule has 1 aliphatic heterocycles. The molecule has 1 saturated carbocycles. The lowest BCUT2D eigenvalue weighted by Crippen LogP contribution is -2.42. The van der Waals surface area contributed by atoms with E-state index in [1.54, 1.807) is 11.3 Å². The highest BCUT2D eigenvalue weighted by molar-refractivity contribution is 7.17. The van der Waals surface area contributed by atoms with Gasteiger partial charge in [-0.1, -0.05) is 31.1 Å². The van der Waals surface area contributed by atoms with Gasteiger partial charge in [-0.2, -0.15) is 0 Å². The monoisotopic (exact) mass is 278 g/mol. The molecule has 104 valence electrons. The van der Waals surface area contributed by atoms with Gasteiger partial charge in [0, 0.05) is 12.6 Å². The average Bonchev–Trinajstić information content (AvgIpc) is 3.04. The topological polar surface area (TPSA) is 33.2 Å². The summed E-state index contributed by atoms with van der Waals surface area (Å²) in [4.78, 5) is 19.3. The molecule has 2 fully saturated rings. The van der Waals surface area contributed by atoms with E-state index in [4.69, 9.17) is 4.98 Å². The Hall–Kier alpha value is -0.900. The van der Waals surface area contributed by atoms with E-state index in [1.165, 1.54) is 32.1 Å². The number of anilines is 1. The second-order valence-electron chi connectivity index (χ2n) is 5.77. The Balaban J connectivity index is 1.86. The number of hydrogen-bond donors (Lipinski definition) is 0. The predicted octanol–water partition coefficient (Wildman–Crippen LogP) is 3.68. The van der Waals surface area contributed by atoms with Gasteiger partial charge in [-0.15, -0.1) is 0 Å². The number of piperidine rings is 1. The minimum Gasteiger partial charge on any atom is -0.345 e. The van der Waals surface area contributed by atoms with Crippen LogP contribution in [0.3, 0.4) is 0 Å². The van der Waals surface area contributed by atoms with E-state index in [-0.39, 0.29) is 0 Å². The molecule has 19 heavy (non-hydrogen) atoms. The summed E-state index contributed by atoms with van der Waals surface area (Å²) in [7, 11) is 0. The standard InChI is InChI=1S/C15H22N2OS/c1-2-5-12-14(10-18)19-15(16-12)17-9-4-7-11-6-3-8-13(11)17/h10-11,13H,2-9H2,1H3. The molecular formula is C15H22N2OS. The molecule has 0 N–H and O–H groups in total. The van der Waals surface area contributed by atoms with Crippen LogP contribution in [-0.4, -0.2) is 23.9 Å². The van der Waals surface area contributed by atoms with E-state index in [1.807, 2.05) is 0 Å². The Bertz CT molecular complexity index is 457. The van der Waals surface area contributed by atoms with Crippen molar-refractivity contribution in [1.29, 1.82) is 0 Å². The number of carbonyl (C=O) groups excluding carboxylic acids is 1. The summed E-state index contributed by atoms with van der Waals surface area (Å²) in [6.07, 6.45) is 9.68. The minimum atomic E-state index is 0.689. The number of carbonyl (C=O) groups is 1. The molecule has 2 atom stereocenters. The summed E-state index contributed by atoms with van der Waals surface area (Å²) in [5.41, 5.74) is 1.01. The van der Waals surface area contributed by atoms with E-state index < -0.39 is 0 Å². The first-order valence-corrected chi connectivity index (χ1v) is 8.36. The minimum absolute atomic E-state index is 0.689. The second-order valence-corrected chi connectivity index (χ2v) is 6.78. The number of nitrogens with zero attached hydrogens (tertiary/aromatic N) is 2. The van der Waals surface area contributed by atoms with Crippen molar-refractivity contribution in [2.24, 2.45) is 5.92 Å². The summed E-state index contributed by atoms with van der Waals surface area (Å²) >= 11 is 1.60. The molecular weight excluding hydrogens is 256 g/mol. The van der Waals surface area contributed by atoms with Gasteiger partial charge in [0.25, 0.3) is 0 Å². The Morgan fingerprint density at radius 3 is 3.00 bits per heavy atom. The van der Waals surface area contributed by atoms with Crippen LogP contribution in [0.4, 0.5) is 5.13 Å². The van der Waals surface area contributed by atoms with Crippen molar-refractivity contribution in [3.63, 3.8) is 0 Å². The maximum Gasteiger partial charge on any atom is 0.186 e. The quantitative estimate of drug-likeness (QED) is 0.788. The molecule has 3 rings (SSSR count). The van der Waals surface area contributed by atoms with Gasteiger partial charge in [0.05, 0.1) is 10.6 Å². The third-order valence-electron chi connectivity index (χ3n) is 4.55. The molecule has 0 radical (unpaired) electrons. The lowest BCUT2D eigenvalue weighted by Gasteiger charge is -2.37. The summed E-state index contributed by atoms with van der Waals surface area (Å²) in [5.74, 6) is 0.868. The van der Waals surface area contributed by atoms with Crippen molar-refractivity contribution in [2.75, 3.05) is 11.4 Å². The van der Waals surface area contributed by atoms with Crippen molar-refractivity contribution in [2.45, 2.75) is 57.9 Å². The molecule has 0 bridgehead atoms. The summed E-state index contributed by atoms with van der Waals surface area (Å²) in [5, 5.41) is 1.10. The molecule has 1 aromatic heterocycles. The van der Waals surface area contributed by atoms with Crippen molar-refractivity contribution in [3.8, 4) is 0 Å². The average molecular weight is 278 g/mol.